The molecule has 0 aromatic carbocycles. The first kappa shape index (κ1) is 15.2. The largest absolute Gasteiger partial charge is 0.316 e. The van der Waals surface area contributed by atoms with Crippen molar-refractivity contribution in [2.75, 3.05) is 7.05 Å². The zero-order valence-corrected chi connectivity index (χ0v) is 12.8. The molecular formula is C15H29N3. The van der Waals surface area contributed by atoms with Crippen LogP contribution in [-0.4, -0.2) is 22.9 Å². The van der Waals surface area contributed by atoms with Crippen molar-refractivity contribution in [3.63, 3.8) is 0 Å². The number of aryl methyl sites for hydroxylation is 2. The second-order valence-electron chi connectivity index (χ2n) is 5.50. The van der Waals surface area contributed by atoms with Crippen LogP contribution in [0.2, 0.25) is 0 Å². The van der Waals surface area contributed by atoms with E-state index in [1.807, 2.05) is 0 Å². The molecule has 1 rings (SSSR count). The molecule has 18 heavy (non-hydrogen) atoms. The van der Waals surface area contributed by atoms with Crippen LogP contribution in [0.3, 0.4) is 0 Å². The van der Waals surface area contributed by atoms with Gasteiger partial charge in [0.15, 0.2) is 0 Å². The van der Waals surface area contributed by atoms with Gasteiger partial charge in [-0.05, 0) is 38.3 Å². The third kappa shape index (κ3) is 3.58. The van der Waals surface area contributed by atoms with E-state index >= 15 is 0 Å². The fraction of sp³-hybridized carbons (Fsp3) is 0.800. The summed E-state index contributed by atoms with van der Waals surface area (Å²) >= 11 is 0. The Morgan fingerprint density at radius 3 is 2.39 bits per heavy atom. The summed E-state index contributed by atoms with van der Waals surface area (Å²) in [7, 11) is 2.07. The lowest BCUT2D eigenvalue weighted by atomic mass is 9.88. The number of aromatic nitrogens is 2. The maximum absolute atomic E-state index is 4.63. The van der Waals surface area contributed by atoms with E-state index in [0.717, 1.165) is 19.4 Å². The normalized spacial score (nSPS) is 15.1. The van der Waals surface area contributed by atoms with E-state index in [9.17, 15) is 0 Å². The third-order valence-electron chi connectivity index (χ3n) is 4.06. The molecule has 104 valence electrons. The molecule has 1 heterocycles. The molecule has 0 saturated carbocycles. The van der Waals surface area contributed by atoms with Gasteiger partial charge in [-0.25, -0.2) is 0 Å². The van der Waals surface area contributed by atoms with Crippen LogP contribution < -0.4 is 5.32 Å². The second-order valence-corrected chi connectivity index (χ2v) is 5.50. The molecule has 0 spiro atoms. The summed E-state index contributed by atoms with van der Waals surface area (Å²) in [6, 6.07) is 2.79. The van der Waals surface area contributed by atoms with Crippen LogP contribution in [0.5, 0.6) is 0 Å². The molecule has 3 nitrogen and oxygen atoms in total. The van der Waals surface area contributed by atoms with Crippen molar-refractivity contribution in [2.45, 2.75) is 60.0 Å². The maximum atomic E-state index is 4.63. The first-order chi connectivity index (χ1) is 8.53. The Kier molecular flexibility index (Phi) is 5.86. The Balaban J connectivity index is 2.83. The van der Waals surface area contributed by atoms with E-state index in [1.165, 1.54) is 11.4 Å². The summed E-state index contributed by atoms with van der Waals surface area (Å²) in [5.74, 6) is 1.37. The van der Waals surface area contributed by atoms with Gasteiger partial charge in [0, 0.05) is 24.7 Å². The maximum Gasteiger partial charge on any atom is 0.0624 e. The molecule has 0 saturated heterocycles. The van der Waals surface area contributed by atoms with E-state index in [2.05, 4.69) is 62.8 Å². The van der Waals surface area contributed by atoms with Gasteiger partial charge in [-0.2, -0.15) is 5.10 Å². The smallest absolute Gasteiger partial charge is 0.0624 e. The lowest BCUT2D eigenvalue weighted by molar-refractivity contribution is 0.305. The lowest BCUT2D eigenvalue weighted by Crippen LogP contribution is -2.37. The molecule has 0 aliphatic heterocycles. The van der Waals surface area contributed by atoms with Gasteiger partial charge in [0.05, 0.1) is 5.69 Å². The van der Waals surface area contributed by atoms with Crippen LogP contribution >= 0.6 is 0 Å². The minimum atomic E-state index is 0.525. The van der Waals surface area contributed by atoms with Crippen LogP contribution in [0.15, 0.2) is 6.07 Å². The lowest BCUT2D eigenvalue weighted by Gasteiger charge is -2.26. The zero-order chi connectivity index (χ0) is 13.7. The second kappa shape index (κ2) is 6.93. The van der Waals surface area contributed by atoms with Crippen LogP contribution in [-0.2, 0) is 19.4 Å². The van der Waals surface area contributed by atoms with Crippen molar-refractivity contribution >= 4 is 0 Å². The Hall–Kier alpha value is -0.830. The Labute approximate surface area is 112 Å². The van der Waals surface area contributed by atoms with Crippen molar-refractivity contribution in [2.24, 2.45) is 11.8 Å². The van der Waals surface area contributed by atoms with E-state index in [-0.39, 0.29) is 0 Å². The average Bonchev–Trinajstić information content (AvgIpc) is 2.77. The molecule has 0 fully saturated rings. The molecule has 3 heteroatoms. The highest BCUT2D eigenvalue weighted by molar-refractivity contribution is 5.12. The highest BCUT2D eigenvalue weighted by atomic mass is 15.3. The number of hydrogen-bond donors (Lipinski definition) is 1. The third-order valence-corrected chi connectivity index (χ3v) is 4.06. The fourth-order valence-corrected chi connectivity index (χ4v) is 2.37. The Bertz CT molecular complexity index is 355. The first-order valence-corrected chi connectivity index (χ1v) is 7.26. The van der Waals surface area contributed by atoms with Crippen molar-refractivity contribution in [1.29, 1.82) is 0 Å². The summed E-state index contributed by atoms with van der Waals surface area (Å²) in [5, 5.41) is 8.10. The molecule has 0 radical (unpaired) electrons. The number of likely N-dealkylation sites (N-methyl/N-ethyl adjacent to an activating group) is 1. The van der Waals surface area contributed by atoms with Gasteiger partial charge in [0.1, 0.15) is 0 Å². The molecular weight excluding hydrogens is 222 g/mol. The zero-order valence-electron chi connectivity index (χ0n) is 12.8. The molecule has 1 aromatic rings. The fourth-order valence-electron chi connectivity index (χ4n) is 2.37. The van der Waals surface area contributed by atoms with Gasteiger partial charge in [-0.3, -0.25) is 4.68 Å². The van der Waals surface area contributed by atoms with Crippen molar-refractivity contribution in [1.82, 2.24) is 15.1 Å². The van der Waals surface area contributed by atoms with Crippen molar-refractivity contribution in [3.8, 4) is 0 Å². The monoisotopic (exact) mass is 251 g/mol. The molecule has 0 bridgehead atoms. The van der Waals surface area contributed by atoms with Crippen molar-refractivity contribution in [3.05, 3.63) is 17.5 Å². The summed E-state index contributed by atoms with van der Waals surface area (Å²) in [6.07, 6.45) is 2.08. The van der Waals surface area contributed by atoms with Gasteiger partial charge < -0.3 is 5.32 Å². The van der Waals surface area contributed by atoms with Crippen LogP contribution in [0, 0.1) is 11.8 Å². The minimum absolute atomic E-state index is 0.525. The topological polar surface area (TPSA) is 29.9 Å². The van der Waals surface area contributed by atoms with Gasteiger partial charge in [0.2, 0.25) is 0 Å². The minimum Gasteiger partial charge on any atom is -0.316 e. The summed E-state index contributed by atoms with van der Waals surface area (Å²) in [4.78, 5) is 0. The van der Waals surface area contributed by atoms with Crippen LogP contribution in [0.1, 0.15) is 46.0 Å². The molecule has 1 N–H and O–H groups in total. The highest BCUT2D eigenvalue weighted by Crippen LogP contribution is 2.19. The first-order valence-electron chi connectivity index (χ1n) is 7.26. The predicted octanol–water partition coefficient (Wildman–Crippen LogP) is 2.89. The average molecular weight is 251 g/mol. The number of nitrogens with one attached hydrogen (secondary N) is 1. The van der Waals surface area contributed by atoms with E-state index in [4.69, 9.17) is 0 Å². The quantitative estimate of drug-likeness (QED) is 0.807. The number of nitrogens with zero attached hydrogens (tertiary/aromatic N) is 2. The molecule has 0 amide bonds. The van der Waals surface area contributed by atoms with E-state index in [1.54, 1.807) is 0 Å². The van der Waals surface area contributed by atoms with Gasteiger partial charge >= 0.3 is 0 Å². The van der Waals surface area contributed by atoms with Crippen LogP contribution in [0.4, 0.5) is 0 Å². The van der Waals surface area contributed by atoms with Crippen molar-refractivity contribution < 1.29 is 0 Å². The summed E-state index contributed by atoms with van der Waals surface area (Å²) in [5.41, 5.74) is 2.57. The Morgan fingerprint density at radius 1 is 1.28 bits per heavy atom. The molecule has 0 aliphatic carbocycles. The van der Waals surface area contributed by atoms with Gasteiger partial charge in [-0.1, -0.05) is 27.7 Å². The number of rotatable bonds is 7. The van der Waals surface area contributed by atoms with Gasteiger partial charge in [-0.15, -0.1) is 0 Å². The summed E-state index contributed by atoms with van der Waals surface area (Å²) in [6.45, 7) is 12.2. The highest BCUT2D eigenvalue weighted by Gasteiger charge is 2.20. The summed E-state index contributed by atoms with van der Waals surface area (Å²) < 4.78 is 2.15. The van der Waals surface area contributed by atoms with Crippen LogP contribution in [0.25, 0.3) is 0 Å². The standard InChI is InChI=1S/C15H29N3/c1-7-13-9-14(18(8-2)17-13)10-15(16-6)12(5)11(3)4/h9,11-12,15-16H,7-8,10H2,1-6H3. The Morgan fingerprint density at radius 2 is 1.94 bits per heavy atom. The predicted molar refractivity (Wildman–Crippen MR) is 77.8 cm³/mol. The van der Waals surface area contributed by atoms with E-state index < -0.39 is 0 Å². The molecule has 1 aromatic heterocycles. The molecule has 2 atom stereocenters. The van der Waals surface area contributed by atoms with Gasteiger partial charge in [0.25, 0.3) is 0 Å². The van der Waals surface area contributed by atoms with E-state index in [0.29, 0.717) is 17.9 Å². The molecule has 2 unspecified atom stereocenters. The number of hydrogen-bond acceptors (Lipinski definition) is 2. The SMILES string of the molecule is CCc1cc(CC(NC)C(C)C(C)C)n(CC)n1. The molecule has 0 aliphatic rings.